The van der Waals surface area contributed by atoms with E-state index in [2.05, 4.69) is 10.6 Å². The van der Waals surface area contributed by atoms with Gasteiger partial charge in [-0.1, -0.05) is 26.7 Å². The van der Waals surface area contributed by atoms with Crippen LogP contribution in [0.25, 0.3) is 0 Å². The van der Waals surface area contributed by atoms with Gasteiger partial charge in [-0.05, 0) is 75.2 Å². The molecule has 39 heavy (non-hydrogen) atoms. The molecule has 0 spiro atoms. The van der Waals surface area contributed by atoms with Crippen LogP contribution in [0, 0.1) is 5.92 Å². The second kappa shape index (κ2) is 13.7. The van der Waals surface area contributed by atoms with Crippen molar-refractivity contribution in [1.29, 1.82) is 0 Å². The predicted molar refractivity (Wildman–Crippen MR) is 153 cm³/mol. The fourth-order valence-electron chi connectivity index (χ4n) is 4.44. The lowest BCUT2D eigenvalue weighted by Crippen LogP contribution is -2.33. The molecule has 2 N–H and O–H groups in total. The maximum absolute atomic E-state index is 13.1. The number of likely N-dealkylation sites (tertiary alicyclic amines) is 1. The van der Waals surface area contributed by atoms with Gasteiger partial charge in [0.2, 0.25) is 21.8 Å². The van der Waals surface area contributed by atoms with Crippen molar-refractivity contribution < 1.29 is 22.8 Å². The third-order valence-electron chi connectivity index (χ3n) is 6.84. The molecule has 0 saturated carbocycles. The van der Waals surface area contributed by atoms with E-state index < -0.39 is 15.9 Å². The number of nitrogens with zero attached hydrogens (tertiary/aromatic N) is 2. The second-order valence-electron chi connectivity index (χ2n) is 10.2. The Morgan fingerprint density at radius 1 is 0.923 bits per heavy atom. The summed E-state index contributed by atoms with van der Waals surface area (Å²) >= 11 is 0. The van der Waals surface area contributed by atoms with Crippen molar-refractivity contribution in [2.24, 2.45) is 5.92 Å². The van der Waals surface area contributed by atoms with E-state index in [0.29, 0.717) is 36.6 Å². The average Bonchev–Trinajstić information content (AvgIpc) is 3.31. The fraction of sp³-hybridized carbons (Fsp3) is 0.483. The predicted octanol–water partition coefficient (Wildman–Crippen LogP) is 4.73. The van der Waals surface area contributed by atoms with Gasteiger partial charge < -0.3 is 15.5 Å². The topological polar surface area (TPSA) is 116 Å². The molecule has 1 unspecified atom stereocenters. The summed E-state index contributed by atoms with van der Waals surface area (Å²) in [6.07, 6.45) is 3.62. The first-order valence-corrected chi connectivity index (χ1v) is 15.1. The van der Waals surface area contributed by atoms with E-state index in [1.807, 2.05) is 27.7 Å². The van der Waals surface area contributed by atoms with Gasteiger partial charge in [0.25, 0.3) is 5.91 Å². The third kappa shape index (κ3) is 7.89. The zero-order valence-corrected chi connectivity index (χ0v) is 24.1. The summed E-state index contributed by atoms with van der Waals surface area (Å²) in [5.41, 5.74) is 1.40. The van der Waals surface area contributed by atoms with Crippen LogP contribution in [0.4, 0.5) is 11.4 Å². The van der Waals surface area contributed by atoms with E-state index in [1.54, 1.807) is 45.6 Å². The highest BCUT2D eigenvalue weighted by atomic mass is 32.2. The van der Waals surface area contributed by atoms with E-state index in [1.165, 1.54) is 12.1 Å². The van der Waals surface area contributed by atoms with Gasteiger partial charge in [0, 0.05) is 49.0 Å². The lowest BCUT2D eigenvalue weighted by Gasteiger charge is -2.22. The average molecular weight is 557 g/mol. The first kappa shape index (κ1) is 30.3. The molecule has 10 heteroatoms. The molecule has 3 amide bonds. The van der Waals surface area contributed by atoms with Crippen molar-refractivity contribution in [1.82, 2.24) is 9.21 Å². The first-order valence-electron chi connectivity index (χ1n) is 13.7. The molecule has 2 aromatic rings. The quantitative estimate of drug-likeness (QED) is 0.370. The number of nitrogens with one attached hydrogen (secondary N) is 2. The molecule has 1 atom stereocenters. The van der Waals surface area contributed by atoms with Crippen molar-refractivity contribution in [3.8, 4) is 0 Å². The Morgan fingerprint density at radius 2 is 1.46 bits per heavy atom. The van der Waals surface area contributed by atoms with Crippen LogP contribution < -0.4 is 10.6 Å². The SMILES string of the molecule is CCCCN(CCCC)S(=O)(=O)c1ccc(NC(=O)c2ccc(NC(=O)C3CC(=O)N(C(C)C)C3)cc2)cc1. The Morgan fingerprint density at radius 3 is 1.97 bits per heavy atom. The van der Waals surface area contributed by atoms with Crippen LogP contribution in [0.5, 0.6) is 0 Å². The van der Waals surface area contributed by atoms with Crippen molar-refractivity contribution in [2.45, 2.75) is 70.7 Å². The van der Waals surface area contributed by atoms with Gasteiger partial charge in [-0.15, -0.1) is 0 Å². The molecule has 1 fully saturated rings. The van der Waals surface area contributed by atoms with Crippen LogP contribution in [-0.2, 0) is 19.6 Å². The number of benzene rings is 2. The molecule has 1 saturated heterocycles. The van der Waals surface area contributed by atoms with Gasteiger partial charge in [-0.25, -0.2) is 8.42 Å². The highest BCUT2D eigenvalue weighted by Crippen LogP contribution is 2.23. The zero-order valence-electron chi connectivity index (χ0n) is 23.3. The smallest absolute Gasteiger partial charge is 0.255 e. The minimum atomic E-state index is -3.61. The standard InChI is InChI=1S/C29H40N4O5S/c1-5-7-17-32(18-8-6-2)39(37,38)26-15-13-25(14-16-26)30-28(35)22-9-11-24(12-10-22)31-29(36)23-19-27(34)33(20-23)21(3)4/h9-16,21,23H,5-8,17-20H2,1-4H3,(H,30,35)(H,31,36). The Kier molecular flexibility index (Phi) is 10.7. The number of rotatable bonds is 13. The van der Waals surface area contributed by atoms with Gasteiger partial charge in [0.15, 0.2) is 0 Å². The molecule has 1 aliphatic heterocycles. The fourth-order valence-corrected chi connectivity index (χ4v) is 5.96. The molecular weight excluding hydrogens is 516 g/mol. The van der Waals surface area contributed by atoms with E-state index >= 15 is 0 Å². The van der Waals surface area contributed by atoms with Crippen LogP contribution in [0.15, 0.2) is 53.4 Å². The minimum Gasteiger partial charge on any atom is -0.339 e. The molecule has 9 nitrogen and oxygen atoms in total. The molecule has 1 heterocycles. The van der Waals surface area contributed by atoms with Gasteiger partial charge in [-0.2, -0.15) is 4.31 Å². The largest absolute Gasteiger partial charge is 0.339 e. The third-order valence-corrected chi connectivity index (χ3v) is 8.75. The van der Waals surface area contributed by atoms with Crippen molar-refractivity contribution in [3.63, 3.8) is 0 Å². The highest BCUT2D eigenvalue weighted by molar-refractivity contribution is 7.89. The highest BCUT2D eigenvalue weighted by Gasteiger charge is 2.35. The number of carbonyl (C=O) groups excluding carboxylic acids is 3. The number of hydrogen-bond acceptors (Lipinski definition) is 5. The van der Waals surface area contributed by atoms with Crippen LogP contribution in [-0.4, -0.2) is 61.0 Å². The van der Waals surface area contributed by atoms with Gasteiger partial charge >= 0.3 is 0 Å². The summed E-state index contributed by atoms with van der Waals surface area (Å²) < 4.78 is 27.8. The number of unbranched alkanes of at least 4 members (excludes halogenated alkanes) is 2. The van der Waals surface area contributed by atoms with E-state index in [4.69, 9.17) is 0 Å². The summed E-state index contributed by atoms with van der Waals surface area (Å²) in [7, 11) is -3.61. The van der Waals surface area contributed by atoms with Crippen LogP contribution in [0.1, 0.15) is 70.2 Å². The Bertz CT molecular complexity index is 1240. The summed E-state index contributed by atoms with van der Waals surface area (Å²) in [5.74, 6) is -1.00. The van der Waals surface area contributed by atoms with Gasteiger partial charge in [-0.3, -0.25) is 14.4 Å². The molecule has 1 aliphatic rings. The molecule has 212 valence electrons. The molecule has 0 aromatic heterocycles. The van der Waals surface area contributed by atoms with Crippen molar-refractivity contribution >= 4 is 39.1 Å². The number of hydrogen-bond donors (Lipinski definition) is 2. The molecule has 3 rings (SSSR count). The Labute approximate surface area is 232 Å². The van der Waals surface area contributed by atoms with Crippen LogP contribution in [0.3, 0.4) is 0 Å². The minimum absolute atomic E-state index is 0.0203. The summed E-state index contributed by atoms with van der Waals surface area (Å²) in [5, 5.41) is 5.61. The molecule has 0 aliphatic carbocycles. The van der Waals surface area contributed by atoms with Crippen LogP contribution in [0.2, 0.25) is 0 Å². The molecule has 0 bridgehead atoms. The number of amides is 3. The Balaban J connectivity index is 1.59. The second-order valence-corrected chi connectivity index (χ2v) is 12.1. The number of anilines is 2. The van der Waals surface area contributed by atoms with E-state index in [9.17, 15) is 22.8 Å². The maximum Gasteiger partial charge on any atom is 0.255 e. The lowest BCUT2D eigenvalue weighted by atomic mass is 10.1. The Hall–Kier alpha value is -3.24. The summed E-state index contributed by atoms with van der Waals surface area (Å²) in [6.45, 7) is 9.30. The van der Waals surface area contributed by atoms with Gasteiger partial charge in [0.05, 0.1) is 10.8 Å². The zero-order chi connectivity index (χ0) is 28.6. The van der Waals surface area contributed by atoms with Crippen LogP contribution >= 0.6 is 0 Å². The van der Waals surface area contributed by atoms with E-state index in [-0.39, 0.29) is 35.1 Å². The van der Waals surface area contributed by atoms with Crippen molar-refractivity contribution in [3.05, 3.63) is 54.1 Å². The molecule has 2 aromatic carbocycles. The number of carbonyl (C=O) groups is 3. The normalized spacial score (nSPS) is 15.7. The lowest BCUT2D eigenvalue weighted by molar-refractivity contribution is -0.129. The molecule has 0 radical (unpaired) electrons. The summed E-state index contributed by atoms with van der Waals surface area (Å²) in [4.78, 5) is 39.4. The monoisotopic (exact) mass is 556 g/mol. The van der Waals surface area contributed by atoms with E-state index in [0.717, 1.165) is 25.7 Å². The van der Waals surface area contributed by atoms with Gasteiger partial charge in [0.1, 0.15) is 0 Å². The summed E-state index contributed by atoms with van der Waals surface area (Å²) in [6, 6.07) is 12.7. The maximum atomic E-state index is 13.1. The van der Waals surface area contributed by atoms with Crippen molar-refractivity contribution in [2.75, 3.05) is 30.3 Å². The number of sulfonamides is 1. The molecular formula is C29H40N4O5S. The first-order chi connectivity index (χ1) is 18.6.